The molecule has 0 unspecified atom stereocenters. The summed E-state index contributed by atoms with van der Waals surface area (Å²) in [4.78, 5) is 0. The van der Waals surface area contributed by atoms with Gasteiger partial charge in [-0.2, -0.15) is 35.4 Å². The average molecular weight is 481 g/mol. The Bertz CT molecular complexity index is 410. The van der Waals surface area contributed by atoms with E-state index in [1.54, 1.807) is 0 Å². The second kappa shape index (κ2) is 9.21. The van der Waals surface area contributed by atoms with E-state index in [1.807, 2.05) is 0 Å². The van der Waals surface area contributed by atoms with Crippen LogP contribution in [0.2, 0.25) is 39.3 Å². The minimum atomic E-state index is -0.862. The quantitative estimate of drug-likeness (QED) is 0.392. The van der Waals surface area contributed by atoms with Crippen LogP contribution in [0.25, 0.3) is 0 Å². The largest absolute Gasteiger partial charge is 4.00 e. The van der Waals surface area contributed by atoms with Gasteiger partial charge >= 0.3 is 25.8 Å². The van der Waals surface area contributed by atoms with Crippen molar-refractivity contribution in [2.75, 3.05) is 0 Å². The van der Waals surface area contributed by atoms with Gasteiger partial charge in [-0.3, -0.25) is 0 Å². The Labute approximate surface area is 152 Å². The van der Waals surface area contributed by atoms with Crippen LogP contribution >= 0.6 is 0 Å². The zero-order valence-corrected chi connectivity index (χ0v) is 20.1. The molecule has 0 saturated heterocycles. The summed E-state index contributed by atoms with van der Waals surface area (Å²) >= 11 is 0. The molecular weight excluding hydrogens is 451 g/mol. The van der Waals surface area contributed by atoms with Gasteiger partial charge in [0, 0.05) is 16.1 Å². The van der Waals surface area contributed by atoms with Gasteiger partial charge in [-0.25, -0.2) is 24.3 Å². The maximum absolute atomic E-state index is 2.40. The molecule has 0 heterocycles. The monoisotopic (exact) mass is 482 g/mol. The maximum atomic E-state index is 2.40. The van der Waals surface area contributed by atoms with E-state index < -0.39 is 16.1 Å². The first-order valence-corrected chi connectivity index (χ1v) is 15.0. The Balaban J connectivity index is 0.000000364. The summed E-state index contributed by atoms with van der Waals surface area (Å²) in [6.07, 6.45) is 0. The third kappa shape index (κ3) is 11.3. The Morgan fingerprint density at radius 2 is 1.05 bits per heavy atom. The van der Waals surface area contributed by atoms with Crippen molar-refractivity contribution in [3.05, 3.63) is 59.7 Å². The van der Waals surface area contributed by atoms with Gasteiger partial charge in [-0.05, 0) is 0 Å². The summed E-state index contributed by atoms with van der Waals surface area (Å²) in [5.74, 6) is 0. The van der Waals surface area contributed by atoms with Gasteiger partial charge < -0.3 is 0 Å². The predicted octanol–water partition coefficient (Wildman–Crippen LogP) is 5.65. The molecule has 0 radical (unpaired) electrons. The first kappa shape index (κ1) is 21.0. The van der Waals surface area contributed by atoms with E-state index in [0.717, 1.165) is 0 Å². The molecule has 0 saturated carbocycles. The van der Waals surface area contributed by atoms with Crippen LogP contribution in [0, 0.1) is 0 Å². The number of rotatable bonds is 4. The van der Waals surface area contributed by atoms with Crippen molar-refractivity contribution in [2.45, 2.75) is 51.4 Å². The van der Waals surface area contributed by atoms with Crippen LogP contribution in [-0.4, -0.2) is 16.1 Å². The first-order chi connectivity index (χ1) is 9.16. The zero-order chi connectivity index (χ0) is 15.2. The van der Waals surface area contributed by atoms with Crippen LogP contribution in [-0.2, 0) is 37.9 Å². The molecular formula is C18H30HfSi2+2. The van der Waals surface area contributed by atoms with E-state index in [0.29, 0.717) is 0 Å². The minimum absolute atomic E-state index is 0. The molecule has 21 heavy (non-hydrogen) atoms. The first-order valence-electron chi connectivity index (χ1n) is 7.57. The number of hydrogen-bond acceptors (Lipinski definition) is 0. The van der Waals surface area contributed by atoms with Crippen LogP contribution in [0.1, 0.15) is 11.1 Å². The molecule has 0 aromatic heterocycles. The van der Waals surface area contributed by atoms with Crippen LogP contribution in [0.15, 0.2) is 48.5 Å². The van der Waals surface area contributed by atoms with E-state index in [9.17, 15) is 0 Å². The molecule has 112 valence electrons. The van der Waals surface area contributed by atoms with Crippen molar-refractivity contribution in [1.82, 2.24) is 0 Å². The van der Waals surface area contributed by atoms with Gasteiger partial charge in [0.15, 0.2) is 0 Å². The summed E-state index contributed by atoms with van der Waals surface area (Å²) in [5, 5.41) is 0. The predicted molar refractivity (Wildman–Crippen MR) is 98.2 cm³/mol. The van der Waals surface area contributed by atoms with Crippen LogP contribution < -0.4 is 0 Å². The summed E-state index contributed by atoms with van der Waals surface area (Å²) in [7, 11) is -1.72. The van der Waals surface area contributed by atoms with Crippen molar-refractivity contribution in [1.29, 1.82) is 0 Å². The smallest absolute Gasteiger partial charge is 0.213 e. The molecule has 0 fully saturated rings. The molecule has 0 atom stereocenters. The fraction of sp³-hybridized carbons (Fsp3) is 0.444. The van der Waals surface area contributed by atoms with E-state index in [-0.39, 0.29) is 25.8 Å². The summed E-state index contributed by atoms with van der Waals surface area (Å²) < 4.78 is 0. The van der Waals surface area contributed by atoms with Crippen LogP contribution in [0.3, 0.4) is 0 Å². The van der Waals surface area contributed by atoms with Gasteiger partial charge in [-0.15, -0.1) is 0 Å². The molecule has 0 aliphatic rings. The molecule has 0 bridgehead atoms. The summed E-state index contributed by atoms with van der Waals surface area (Å²) in [6.45, 7) is 14.4. The van der Waals surface area contributed by atoms with Gasteiger partial charge in [-0.1, -0.05) is 51.4 Å². The maximum Gasteiger partial charge on any atom is 4.00 e. The summed E-state index contributed by atoms with van der Waals surface area (Å²) in [5.41, 5.74) is 3.03. The second-order valence-corrected chi connectivity index (χ2v) is 19.0. The fourth-order valence-corrected chi connectivity index (χ4v) is 5.21. The molecule has 0 amide bonds. The van der Waals surface area contributed by atoms with Crippen molar-refractivity contribution in [3.63, 3.8) is 0 Å². The minimum Gasteiger partial charge on any atom is -0.213 e. The second-order valence-electron chi connectivity index (χ2n) is 8.06. The Kier molecular flexibility index (Phi) is 9.21. The van der Waals surface area contributed by atoms with E-state index in [2.05, 4.69) is 87.8 Å². The third-order valence-electron chi connectivity index (χ3n) is 2.93. The van der Waals surface area contributed by atoms with Gasteiger partial charge in [0.05, 0.1) is 0 Å². The SMILES string of the molecule is C[Si](C)(C)Cc1ccc[cH-]1.C[Si](C)(C)Cc1ccc[cH-]1.[Hf+4]. The van der Waals surface area contributed by atoms with Gasteiger partial charge in [0.2, 0.25) is 0 Å². The van der Waals surface area contributed by atoms with Crippen molar-refractivity contribution in [2.24, 2.45) is 0 Å². The molecule has 3 heteroatoms. The number of hydrogen-bond donors (Lipinski definition) is 0. The van der Waals surface area contributed by atoms with Gasteiger partial charge in [0.1, 0.15) is 0 Å². The Morgan fingerprint density at radius 1 is 0.714 bits per heavy atom. The Hall–Kier alpha value is 0.00390. The molecule has 0 spiro atoms. The van der Waals surface area contributed by atoms with E-state index in [4.69, 9.17) is 0 Å². The molecule has 2 rings (SSSR count). The van der Waals surface area contributed by atoms with E-state index >= 15 is 0 Å². The fourth-order valence-electron chi connectivity index (χ4n) is 2.29. The molecule has 0 aliphatic carbocycles. The zero-order valence-electron chi connectivity index (χ0n) is 14.5. The summed E-state index contributed by atoms with van der Waals surface area (Å²) in [6, 6.07) is 20.0. The van der Waals surface area contributed by atoms with Crippen molar-refractivity contribution >= 4 is 16.1 Å². The molecule has 0 N–H and O–H groups in total. The standard InChI is InChI=1S/2C9H15Si.Hf/c2*1-10(2,3)8-9-6-4-5-7-9;/h2*4-7H,8H2,1-3H3;/q2*-1;+4. The van der Waals surface area contributed by atoms with Crippen molar-refractivity contribution < 1.29 is 25.8 Å². The topological polar surface area (TPSA) is 0 Å². The molecule has 0 nitrogen and oxygen atoms in total. The van der Waals surface area contributed by atoms with Crippen LogP contribution in [0.4, 0.5) is 0 Å². The van der Waals surface area contributed by atoms with Gasteiger partial charge in [0.25, 0.3) is 0 Å². The molecule has 2 aromatic rings. The third-order valence-corrected chi connectivity index (χ3v) is 5.87. The molecule has 0 aliphatic heterocycles. The normalized spacial score (nSPS) is 11.3. The average Bonchev–Trinajstić information content (AvgIpc) is 2.87. The van der Waals surface area contributed by atoms with Crippen LogP contribution in [0.5, 0.6) is 0 Å². The molecule has 2 aromatic carbocycles. The Morgan fingerprint density at radius 3 is 1.24 bits per heavy atom. The van der Waals surface area contributed by atoms with Crippen molar-refractivity contribution in [3.8, 4) is 0 Å². The van der Waals surface area contributed by atoms with E-state index in [1.165, 1.54) is 23.2 Å².